The molecule has 28 heavy (non-hydrogen) atoms. The lowest BCUT2D eigenvalue weighted by Crippen LogP contribution is -2.36. The minimum Gasteiger partial charge on any atom is -0.508 e. The van der Waals surface area contributed by atoms with Crippen molar-refractivity contribution in [3.63, 3.8) is 0 Å². The van der Waals surface area contributed by atoms with Gasteiger partial charge in [0.05, 0.1) is 18.6 Å². The van der Waals surface area contributed by atoms with E-state index in [1.54, 1.807) is 44.4 Å². The van der Waals surface area contributed by atoms with Gasteiger partial charge in [0, 0.05) is 24.9 Å². The third-order valence-corrected chi connectivity index (χ3v) is 5.39. The second-order valence-corrected chi connectivity index (χ2v) is 8.40. The summed E-state index contributed by atoms with van der Waals surface area (Å²) in [6.07, 6.45) is 1.20. The van der Waals surface area contributed by atoms with Gasteiger partial charge in [-0.25, -0.2) is 13.4 Å². The predicted molar refractivity (Wildman–Crippen MR) is 111 cm³/mol. The number of hydrogen-bond donors (Lipinski definition) is 3. The van der Waals surface area contributed by atoms with Crippen LogP contribution >= 0.6 is 0 Å². The number of aryl methyl sites for hydroxylation is 1. The van der Waals surface area contributed by atoms with Crippen LogP contribution in [-0.2, 0) is 22.9 Å². The van der Waals surface area contributed by atoms with Gasteiger partial charge >= 0.3 is 0 Å². The Labute approximate surface area is 166 Å². The number of nitrogens with one attached hydrogen (secondary N) is 2. The molecule has 0 heterocycles. The minimum absolute atomic E-state index is 0.177. The molecule has 0 radical (unpaired) electrons. The van der Waals surface area contributed by atoms with Crippen LogP contribution in [0.2, 0.25) is 0 Å². The van der Waals surface area contributed by atoms with Crippen molar-refractivity contribution >= 4 is 15.8 Å². The SMILES string of the molecule is CCNC(=NCc1ccc(S(C)(=O)=O)c(C)c1)NCc1cc(OC)ccc1O. The van der Waals surface area contributed by atoms with Gasteiger partial charge in [-0.1, -0.05) is 12.1 Å². The maximum absolute atomic E-state index is 11.7. The van der Waals surface area contributed by atoms with Crippen molar-refractivity contribution in [3.05, 3.63) is 53.1 Å². The molecule has 0 fully saturated rings. The third-order valence-electron chi connectivity index (χ3n) is 4.14. The van der Waals surface area contributed by atoms with Crippen molar-refractivity contribution in [3.8, 4) is 11.5 Å². The Morgan fingerprint density at radius 2 is 1.93 bits per heavy atom. The van der Waals surface area contributed by atoms with Crippen LogP contribution in [0.3, 0.4) is 0 Å². The van der Waals surface area contributed by atoms with E-state index in [9.17, 15) is 13.5 Å². The van der Waals surface area contributed by atoms with Crippen LogP contribution in [0.15, 0.2) is 46.3 Å². The molecule has 0 atom stereocenters. The van der Waals surface area contributed by atoms with Crippen LogP contribution in [0.5, 0.6) is 11.5 Å². The highest BCUT2D eigenvalue weighted by Gasteiger charge is 2.11. The lowest BCUT2D eigenvalue weighted by Gasteiger charge is -2.13. The first-order valence-electron chi connectivity index (χ1n) is 8.92. The van der Waals surface area contributed by atoms with Gasteiger partial charge in [-0.2, -0.15) is 0 Å². The van der Waals surface area contributed by atoms with Gasteiger partial charge in [-0.15, -0.1) is 0 Å². The number of phenols is 1. The van der Waals surface area contributed by atoms with Crippen LogP contribution in [0.4, 0.5) is 0 Å². The summed E-state index contributed by atoms with van der Waals surface area (Å²) in [4.78, 5) is 4.87. The first-order chi connectivity index (χ1) is 13.2. The van der Waals surface area contributed by atoms with Crippen LogP contribution in [0.25, 0.3) is 0 Å². The van der Waals surface area contributed by atoms with E-state index in [1.165, 1.54) is 6.26 Å². The molecule has 2 rings (SSSR count). The van der Waals surface area contributed by atoms with Gasteiger partial charge in [0.2, 0.25) is 0 Å². The van der Waals surface area contributed by atoms with E-state index in [0.717, 1.165) is 5.56 Å². The summed E-state index contributed by atoms with van der Waals surface area (Å²) in [6, 6.07) is 10.3. The molecule has 2 aromatic carbocycles. The Morgan fingerprint density at radius 1 is 1.18 bits per heavy atom. The molecule has 7 nitrogen and oxygen atoms in total. The molecule has 0 saturated heterocycles. The zero-order valence-corrected chi connectivity index (χ0v) is 17.4. The zero-order chi connectivity index (χ0) is 20.7. The zero-order valence-electron chi connectivity index (χ0n) is 16.6. The number of hydrogen-bond acceptors (Lipinski definition) is 5. The number of phenolic OH excluding ortho intramolecular Hbond substituents is 1. The summed E-state index contributed by atoms with van der Waals surface area (Å²) in [5.41, 5.74) is 2.30. The second kappa shape index (κ2) is 9.45. The number of aliphatic imine (C=N–C) groups is 1. The predicted octanol–water partition coefficient (Wildman–Crippen LogP) is 2.37. The Morgan fingerprint density at radius 3 is 2.54 bits per heavy atom. The standard InChI is InChI=1S/C20H27N3O4S/c1-5-21-20(23-13-16-11-17(27-3)7-8-18(16)24)22-12-15-6-9-19(14(2)10-15)28(4,25)26/h6-11,24H,5,12-13H2,1-4H3,(H2,21,22,23). The van der Waals surface area contributed by atoms with Gasteiger partial charge in [-0.3, -0.25) is 0 Å². The van der Waals surface area contributed by atoms with Crippen molar-refractivity contribution in [2.45, 2.75) is 31.8 Å². The molecule has 2 aromatic rings. The summed E-state index contributed by atoms with van der Waals surface area (Å²) in [7, 11) is -1.66. The molecule has 0 aliphatic rings. The highest BCUT2D eigenvalue weighted by molar-refractivity contribution is 7.90. The van der Waals surface area contributed by atoms with Crippen molar-refractivity contribution < 1.29 is 18.3 Å². The summed E-state index contributed by atoms with van der Waals surface area (Å²) in [6.45, 7) is 5.19. The number of guanidine groups is 1. The van der Waals surface area contributed by atoms with Crippen LogP contribution in [-0.4, -0.2) is 39.4 Å². The van der Waals surface area contributed by atoms with E-state index in [-0.39, 0.29) is 5.75 Å². The molecule has 0 saturated carbocycles. The van der Waals surface area contributed by atoms with E-state index in [4.69, 9.17) is 4.74 Å². The third kappa shape index (κ3) is 5.88. The van der Waals surface area contributed by atoms with Crippen molar-refractivity contribution in [2.24, 2.45) is 4.99 Å². The Bertz CT molecular complexity index is 956. The number of sulfone groups is 1. The smallest absolute Gasteiger partial charge is 0.191 e. The van der Waals surface area contributed by atoms with Crippen LogP contribution in [0, 0.1) is 6.92 Å². The molecule has 0 spiro atoms. The highest BCUT2D eigenvalue weighted by Crippen LogP contribution is 2.22. The van der Waals surface area contributed by atoms with Gasteiger partial charge in [0.25, 0.3) is 0 Å². The topological polar surface area (TPSA) is 100 Å². The molecular weight excluding hydrogens is 378 g/mol. The summed E-state index contributed by atoms with van der Waals surface area (Å²) in [5.74, 6) is 1.43. The van der Waals surface area contributed by atoms with Gasteiger partial charge < -0.3 is 20.5 Å². The fourth-order valence-electron chi connectivity index (χ4n) is 2.75. The van der Waals surface area contributed by atoms with Crippen molar-refractivity contribution in [1.82, 2.24) is 10.6 Å². The fourth-order valence-corrected chi connectivity index (χ4v) is 3.71. The summed E-state index contributed by atoms with van der Waals surface area (Å²) >= 11 is 0. The van der Waals surface area contributed by atoms with Crippen molar-refractivity contribution in [1.29, 1.82) is 0 Å². The second-order valence-electron chi connectivity index (χ2n) is 6.42. The molecule has 8 heteroatoms. The van der Waals surface area contributed by atoms with Gasteiger partial charge in [0.1, 0.15) is 11.5 Å². The van der Waals surface area contributed by atoms with Crippen molar-refractivity contribution in [2.75, 3.05) is 19.9 Å². The van der Waals surface area contributed by atoms with Gasteiger partial charge in [0.15, 0.2) is 15.8 Å². The molecule has 3 N–H and O–H groups in total. The van der Waals surface area contributed by atoms with Crippen LogP contribution in [0.1, 0.15) is 23.6 Å². The quantitative estimate of drug-likeness (QED) is 0.483. The fraction of sp³-hybridized carbons (Fsp3) is 0.350. The number of aromatic hydroxyl groups is 1. The molecule has 0 unspecified atom stereocenters. The summed E-state index contributed by atoms with van der Waals surface area (Å²) < 4.78 is 28.7. The first kappa shape index (κ1) is 21.6. The van der Waals surface area contributed by atoms with E-state index in [2.05, 4.69) is 15.6 Å². The Kier molecular flexibility index (Phi) is 7.28. The lowest BCUT2D eigenvalue weighted by molar-refractivity contribution is 0.410. The Hall–Kier alpha value is -2.74. The monoisotopic (exact) mass is 405 g/mol. The maximum atomic E-state index is 11.7. The normalized spacial score (nSPS) is 11.9. The van der Waals surface area contributed by atoms with Crippen LogP contribution < -0.4 is 15.4 Å². The van der Waals surface area contributed by atoms with E-state index in [1.807, 2.05) is 13.0 Å². The number of benzene rings is 2. The molecular formula is C20H27N3O4S. The number of methoxy groups -OCH3 is 1. The largest absolute Gasteiger partial charge is 0.508 e. The maximum Gasteiger partial charge on any atom is 0.191 e. The average molecular weight is 406 g/mol. The molecule has 152 valence electrons. The lowest BCUT2D eigenvalue weighted by atomic mass is 10.1. The first-order valence-corrected chi connectivity index (χ1v) is 10.8. The van der Waals surface area contributed by atoms with E-state index < -0.39 is 9.84 Å². The van der Waals surface area contributed by atoms with E-state index >= 15 is 0 Å². The highest BCUT2D eigenvalue weighted by atomic mass is 32.2. The Balaban J connectivity index is 2.11. The molecule has 0 aromatic heterocycles. The molecule has 0 bridgehead atoms. The molecule has 0 aliphatic heterocycles. The molecule has 0 aliphatic carbocycles. The minimum atomic E-state index is -3.23. The number of ether oxygens (including phenoxy) is 1. The average Bonchev–Trinajstić information content (AvgIpc) is 2.64. The number of rotatable bonds is 7. The van der Waals surface area contributed by atoms with E-state index in [0.29, 0.717) is 47.4 Å². The van der Waals surface area contributed by atoms with Gasteiger partial charge in [-0.05, 0) is 49.2 Å². The summed E-state index contributed by atoms with van der Waals surface area (Å²) in [5, 5.41) is 16.3. The number of nitrogens with zero attached hydrogens (tertiary/aromatic N) is 1. The molecule has 0 amide bonds.